The molecule has 1 amide bonds. The summed E-state index contributed by atoms with van der Waals surface area (Å²) in [7, 11) is -3.62. The first kappa shape index (κ1) is 16.8. The zero-order chi connectivity index (χ0) is 17.8. The first-order valence-corrected chi connectivity index (χ1v) is 9.35. The van der Waals surface area contributed by atoms with Gasteiger partial charge in [-0.1, -0.05) is 12.1 Å². The van der Waals surface area contributed by atoms with Crippen LogP contribution in [0.2, 0.25) is 0 Å². The van der Waals surface area contributed by atoms with E-state index in [2.05, 4.69) is 16.1 Å². The van der Waals surface area contributed by atoms with Crippen LogP contribution in [0, 0.1) is 16.7 Å². The quantitative estimate of drug-likeness (QED) is 0.873. The Kier molecular flexibility index (Phi) is 3.47. The summed E-state index contributed by atoms with van der Waals surface area (Å²) >= 11 is 0. The van der Waals surface area contributed by atoms with E-state index < -0.39 is 14.8 Å². The second-order valence-electron chi connectivity index (χ2n) is 7.92. The largest absolute Gasteiger partial charge is 0.346 e. The Morgan fingerprint density at radius 2 is 1.79 bits per heavy atom. The van der Waals surface area contributed by atoms with E-state index in [0.29, 0.717) is 24.8 Å². The number of hydrogen-bond donors (Lipinski definition) is 2. The van der Waals surface area contributed by atoms with Gasteiger partial charge >= 0.3 is 0 Å². The van der Waals surface area contributed by atoms with Gasteiger partial charge in [0.05, 0.1) is 27.5 Å². The maximum absolute atomic E-state index is 12.6. The second kappa shape index (κ2) is 4.96. The minimum Gasteiger partial charge on any atom is -0.346 e. The Balaban J connectivity index is 1.78. The summed E-state index contributed by atoms with van der Waals surface area (Å²) in [6.07, 6.45) is 2.04. The summed E-state index contributed by atoms with van der Waals surface area (Å²) in [5, 5.41) is 12.0. The minimum absolute atomic E-state index is 0.249. The number of benzene rings is 1. The van der Waals surface area contributed by atoms with Gasteiger partial charge in [-0.15, -0.1) is 0 Å². The van der Waals surface area contributed by atoms with Gasteiger partial charge in [-0.3, -0.25) is 9.52 Å². The third kappa shape index (κ3) is 2.55. The molecule has 128 valence electrons. The number of rotatable bonds is 4. The van der Waals surface area contributed by atoms with Crippen LogP contribution in [0.15, 0.2) is 24.3 Å². The maximum atomic E-state index is 12.6. The van der Waals surface area contributed by atoms with Crippen molar-refractivity contribution >= 4 is 21.6 Å². The van der Waals surface area contributed by atoms with Gasteiger partial charge in [0.25, 0.3) is 5.91 Å². The molecule has 0 aromatic heterocycles. The van der Waals surface area contributed by atoms with Gasteiger partial charge in [-0.05, 0) is 52.2 Å². The van der Waals surface area contributed by atoms with Crippen molar-refractivity contribution in [2.24, 2.45) is 5.41 Å². The van der Waals surface area contributed by atoms with Crippen molar-refractivity contribution in [3.05, 3.63) is 29.8 Å². The summed E-state index contributed by atoms with van der Waals surface area (Å²) < 4.78 is 26.3. The number of hydrogen-bond acceptors (Lipinski definition) is 4. The van der Waals surface area contributed by atoms with E-state index in [1.165, 1.54) is 0 Å². The van der Waals surface area contributed by atoms with Crippen LogP contribution in [-0.2, 0) is 10.0 Å². The van der Waals surface area contributed by atoms with Gasteiger partial charge in [0.1, 0.15) is 0 Å². The van der Waals surface area contributed by atoms with Crippen molar-refractivity contribution in [3.8, 4) is 6.07 Å². The lowest BCUT2D eigenvalue weighted by Gasteiger charge is -2.66. The van der Waals surface area contributed by atoms with E-state index in [1.54, 1.807) is 45.0 Å². The van der Waals surface area contributed by atoms with Crippen molar-refractivity contribution in [2.75, 3.05) is 4.72 Å². The lowest BCUT2D eigenvalue weighted by atomic mass is 9.40. The lowest BCUT2D eigenvalue weighted by Crippen LogP contribution is -2.74. The van der Waals surface area contributed by atoms with Crippen LogP contribution >= 0.6 is 0 Å². The number of carbonyl (C=O) groups excluding carboxylic acids is 1. The van der Waals surface area contributed by atoms with Gasteiger partial charge in [0, 0.05) is 5.54 Å². The number of nitrogens with zero attached hydrogens (tertiary/aromatic N) is 1. The number of sulfonamides is 1. The maximum Gasteiger partial charge on any atom is 0.253 e. The topological polar surface area (TPSA) is 99.1 Å². The van der Waals surface area contributed by atoms with E-state index in [-0.39, 0.29) is 22.5 Å². The molecule has 2 N–H and O–H groups in total. The number of nitriles is 1. The average Bonchev–Trinajstić information content (AvgIpc) is 2.39. The fourth-order valence-electron chi connectivity index (χ4n) is 3.42. The SMILES string of the molecule is CC(C)(C)S(=O)(=O)Nc1ccccc1C(=O)NC12CC(C#N)(C1)C2. The standard InChI is InChI=1S/C17H21N3O3S/c1-15(2,3)24(22,23)20-13-7-5-4-6-12(13)14(21)19-17-8-16(9-17,10-17)11-18/h4-7,20H,8-10H2,1-3H3,(H,19,21). The van der Waals surface area contributed by atoms with Crippen molar-refractivity contribution in [1.82, 2.24) is 5.32 Å². The molecular weight excluding hydrogens is 326 g/mol. The minimum atomic E-state index is -3.62. The van der Waals surface area contributed by atoms with Crippen LogP contribution < -0.4 is 10.0 Å². The zero-order valence-corrected chi connectivity index (χ0v) is 14.8. The summed E-state index contributed by atoms with van der Waals surface area (Å²) in [6.45, 7) is 4.80. The van der Waals surface area contributed by atoms with Crippen LogP contribution in [0.1, 0.15) is 50.4 Å². The Hall–Kier alpha value is -2.07. The highest BCUT2D eigenvalue weighted by molar-refractivity contribution is 7.94. The van der Waals surface area contributed by atoms with Crippen LogP contribution in [0.25, 0.3) is 0 Å². The highest BCUT2D eigenvalue weighted by atomic mass is 32.2. The molecule has 0 unspecified atom stereocenters. The molecule has 0 atom stereocenters. The molecule has 4 rings (SSSR count). The Bertz CT molecular complexity index is 827. The van der Waals surface area contributed by atoms with Crippen LogP contribution in [0.3, 0.4) is 0 Å². The predicted molar refractivity (Wildman–Crippen MR) is 90.8 cm³/mol. The number of para-hydroxylation sites is 1. The van der Waals surface area contributed by atoms with Crippen LogP contribution in [0.4, 0.5) is 5.69 Å². The molecule has 2 bridgehead atoms. The number of carbonyl (C=O) groups is 1. The van der Waals surface area contributed by atoms with E-state index in [9.17, 15) is 13.2 Å². The van der Waals surface area contributed by atoms with Gasteiger partial charge < -0.3 is 5.32 Å². The molecule has 7 heteroatoms. The zero-order valence-electron chi connectivity index (χ0n) is 14.0. The highest BCUT2D eigenvalue weighted by Gasteiger charge is 2.69. The van der Waals surface area contributed by atoms with Crippen molar-refractivity contribution in [2.45, 2.75) is 50.3 Å². The first-order chi connectivity index (χ1) is 11.0. The van der Waals surface area contributed by atoms with E-state index in [4.69, 9.17) is 5.26 Å². The Labute approximate surface area is 142 Å². The molecule has 3 saturated carbocycles. The second-order valence-corrected chi connectivity index (χ2v) is 10.4. The molecule has 6 nitrogen and oxygen atoms in total. The fourth-order valence-corrected chi connectivity index (χ4v) is 4.19. The van der Waals surface area contributed by atoms with Gasteiger partial charge in [-0.2, -0.15) is 5.26 Å². The van der Waals surface area contributed by atoms with Crippen LogP contribution in [0.5, 0.6) is 0 Å². The monoisotopic (exact) mass is 347 g/mol. The molecule has 0 radical (unpaired) electrons. The van der Waals surface area contributed by atoms with E-state index in [1.807, 2.05) is 0 Å². The molecule has 1 aromatic rings. The summed E-state index contributed by atoms with van der Waals surface area (Å²) in [6, 6.07) is 8.86. The number of anilines is 1. The third-order valence-corrected chi connectivity index (χ3v) is 6.97. The highest BCUT2D eigenvalue weighted by Crippen LogP contribution is 2.66. The first-order valence-electron chi connectivity index (χ1n) is 7.87. The van der Waals surface area contributed by atoms with Gasteiger partial charge in [-0.25, -0.2) is 8.42 Å². The van der Waals surface area contributed by atoms with E-state index in [0.717, 1.165) is 0 Å². The number of amides is 1. The molecule has 3 aliphatic carbocycles. The molecule has 1 aromatic carbocycles. The Morgan fingerprint density at radius 3 is 2.33 bits per heavy atom. The van der Waals surface area contributed by atoms with Crippen molar-refractivity contribution < 1.29 is 13.2 Å². The van der Waals surface area contributed by atoms with Crippen LogP contribution in [-0.4, -0.2) is 24.6 Å². The lowest BCUT2D eigenvalue weighted by molar-refractivity contribution is -0.102. The molecule has 3 aliphatic rings. The third-order valence-electron chi connectivity index (χ3n) is 4.87. The molecule has 0 saturated heterocycles. The number of nitrogens with one attached hydrogen (secondary N) is 2. The normalized spacial score (nSPS) is 28.1. The molecule has 0 aliphatic heterocycles. The summed E-state index contributed by atoms with van der Waals surface area (Å²) in [4.78, 5) is 12.6. The van der Waals surface area contributed by atoms with Gasteiger partial charge in [0.2, 0.25) is 10.0 Å². The Morgan fingerprint density at radius 1 is 1.21 bits per heavy atom. The van der Waals surface area contributed by atoms with Crippen molar-refractivity contribution in [1.29, 1.82) is 5.26 Å². The summed E-state index contributed by atoms with van der Waals surface area (Å²) in [5.41, 5.74) is 0.0243. The molecule has 0 heterocycles. The molecule has 24 heavy (non-hydrogen) atoms. The summed E-state index contributed by atoms with van der Waals surface area (Å²) in [5.74, 6) is -0.312. The molecular formula is C17H21N3O3S. The predicted octanol–water partition coefficient (Wildman–Crippen LogP) is 2.40. The van der Waals surface area contributed by atoms with E-state index >= 15 is 0 Å². The fraction of sp³-hybridized carbons (Fsp3) is 0.529. The van der Waals surface area contributed by atoms with Crippen molar-refractivity contribution in [3.63, 3.8) is 0 Å². The molecule has 3 fully saturated rings. The van der Waals surface area contributed by atoms with Gasteiger partial charge in [0.15, 0.2) is 0 Å². The molecule has 0 spiro atoms. The average molecular weight is 347 g/mol. The smallest absolute Gasteiger partial charge is 0.253 e.